The lowest BCUT2D eigenvalue weighted by molar-refractivity contribution is -0.121. The van der Waals surface area contributed by atoms with Gasteiger partial charge in [-0.3, -0.25) is 19.2 Å². The fourth-order valence-corrected chi connectivity index (χ4v) is 3.92. The maximum Gasteiger partial charge on any atom is 0.239 e. The molecule has 1 fully saturated rings. The lowest BCUT2D eigenvalue weighted by Crippen LogP contribution is -2.39. The van der Waals surface area contributed by atoms with E-state index in [1.807, 2.05) is 42.2 Å². The highest BCUT2D eigenvalue weighted by molar-refractivity contribution is 6.06. The Morgan fingerprint density at radius 3 is 2.96 bits per heavy atom. The number of likely N-dealkylation sites (tertiary alicyclic amines) is 1. The molecule has 2 aliphatic heterocycles. The summed E-state index contributed by atoms with van der Waals surface area (Å²) in [6, 6.07) is 9.66. The van der Waals surface area contributed by atoms with Gasteiger partial charge in [0.15, 0.2) is 0 Å². The van der Waals surface area contributed by atoms with Crippen LogP contribution in [-0.4, -0.2) is 46.1 Å². The van der Waals surface area contributed by atoms with Crippen molar-refractivity contribution in [2.24, 2.45) is 7.05 Å². The van der Waals surface area contributed by atoms with Crippen LogP contribution < -0.4 is 10.6 Å². The molecule has 1 aromatic heterocycles. The number of rotatable bonds is 3. The van der Waals surface area contributed by atoms with E-state index in [-0.39, 0.29) is 18.4 Å². The number of aromatic nitrogens is 2. The number of para-hydroxylation sites is 1. The number of hydrogen-bond donors (Lipinski definition) is 2. The Hall–Kier alpha value is -2.67. The van der Waals surface area contributed by atoms with Crippen molar-refractivity contribution in [3.8, 4) is 0 Å². The number of hydrogen-bond acceptors (Lipinski definition) is 4. The van der Waals surface area contributed by atoms with E-state index in [0.29, 0.717) is 12.4 Å². The van der Waals surface area contributed by atoms with E-state index in [9.17, 15) is 9.59 Å². The number of carbonyl (C=O) groups excluding carboxylic acids is 2. The second-order valence-corrected chi connectivity index (χ2v) is 6.89. The van der Waals surface area contributed by atoms with Crippen molar-refractivity contribution >= 4 is 23.3 Å². The summed E-state index contributed by atoms with van der Waals surface area (Å²) in [7, 11) is 1.80. The van der Waals surface area contributed by atoms with Crippen molar-refractivity contribution in [2.75, 3.05) is 30.3 Å². The Labute approximate surface area is 146 Å². The van der Waals surface area contributed by atoms with Gasteiger partial charge in [-0.05, 0) is 25.0 Å². The van der Waals surface area contributed by atoms with Gasteiger partial charge >= 0.3 is 0 Å². The zero-order valence-corrected chi connectivity index (χ0v) is 14.4. The second kappa shape index (κ2) is 5.70. The first-order valence-electron chi connectivity index (χ1n) is 8.42. The fraction of sp³-hybridized carbons (Fsp3) is 0.389. The van der Waals surface area contributed by atoms with Gasteiger partial charge in [0.2, 0.25) is 11.8 Å². The van der Waals surface area contributed by atoms with Crippen molar-refractivity contribution in [3.05, 3.63) is 41.6 Å². The molecule has 0 aliphatic carbocycles. The lowest BCUT2D eigenvalue weighted by Gasteiger charge is -2.22. The van der Waals surface area contributed by atoms with Crippen LogP contribution in [0.3, 0.4) is 0 Å². The Morgan fingerprint density at radius 1 is 1.40 bits per heavy atom. The smallest absolute Gasteiger partial charge is 0.239 e. The summed E-state index contributed by atoms with van der Waals surface area (Å²) in [6.07, 6.45) is 0.730. The quantitative estimate of drug-likeness (QED) is 0.882. The normalized spacial score (nSPS) is 22.2. The molecule has 25 heavy (non-hydrogen) atoms. The highest BCUT2D eigenvalue weighted by Crippen LogP contribution is 2.43. The van der Waals surface area contributed by atoms with E-state index in [2.05, 4.69) is 15.7 Å². The monoisotopic (exact) mass is 339 g/mol. The summed E-state index contributed by atoms with van der Waals surface area (Å²) in [4.78, 5) is 27.0. The number of carbonyl (C=O) groups is 2. The van der Waals surface area contributed by atoms with Crippen LogP contribution >= 0.6 is 0 Å². The molecule has 1 atom stereocenters. The molecule has 0 saturated carbocycles. The first-order valence-corrected chi connectivity index (χ1v) is 8.42. The Bertz CT molecular complexity index is 859. The average Bonchev–Trinajstić information content (AvgIpc) is 3.19. The Kier molecular flexibility index (Phi) is 3.61. The van der Waals surface area contributed by atoms with Crippen molar-refractivity contribution in [3.63, 3.8) is 0 Å². The lowest BCUT2D eigenvalue weighted by atomic mass is 9.81. The van der Waals surface area contributed by atoms with Gasteiger partial charge in [0.25, 0.3) is 0 Å². The molecule has 3 heterocycles. The topological polar surface area (TPSA) is 79.3 Å². The third-order valence-electron chi connectivity index (χ3n) is 5.11. The van der Waals surface area contributed by atoms with E-state index >= 15 is 0 Å². The Morgan fingerprint density at radius 2 is 2.20 bits per heavy atom. The number of anilines is 2. The minimum atomic E-state index is -0.528. The minimum Gasteiger partial charge on any atom is -0.325 e. The molecule has 2 amide bonds. The average molecular weight is 339 g/mol. The third-order valence-corrected chi connectivity index (χ3v) is 5.11. The second-order valence-electron chi connectivity index (χ2n) is 6.89. The molecule has 1 aromatic carbocycles. The standard InChI is InChI=1S/C18H21N5O2/c1-12-9-15(22(2)21-12)20-16(24)10-23-8-7-18(11-23)13-5-3-4-6-14(13)19-17(18)25/h3-6,9H,7-8,10-11H2,1-2H3,(H,19,25)(H,20,24). The largest absolute Gasteiger partial charge is 0.325 e. The molecular weight excluding hydrogens is 318 g/mol. The molecule has 1 unspecified atom stereocenters. The number of nitrogens with one attached hydrogen (secondary N) is 2. The predicted molar refractivity (Wildman–Crippen MR) is 94.4 cm³/mol. The number of nitrogens with zero attached hydrogens (tertiary/aromatic N) is 3. The zero-order valence-electron chi connectivity index (χ0n) is 14.4. The van der Waals surface area contributed by atoms with E-state index in [4.69, 9.17) is 0 Å². The highest BCUT2D eigenvalue weighted by Gasteiger charge is 2.51. The Balaban J connectivity index is 1.45. The van der Waals surface area contributed by atoms with Gasteiger partial charge in [-0.1, -0.05) is 18.2 Å². The number of benzene rings is 1. The molecule has 7 nitrogen and oxygen atoms in total. The summed E-state index contributed by atoms with van der Waals surface area (Å²) >= 11 is 0. The van der Waals surface area contributed by atoms with Gasteiger partial charge in [-0.2, -0.15) is 5.10 Å². The van der Waals surface area contributed by atoms with E-state index in [1.165, 1.54) is 0 Å². The molecule has 0 radical (unpaired) electrons. The number of amides is 2. The summed E-state index contributed by atoms with van der Waals surface area (Å²) in [5, 5.41) is 10.1. The molecular formula is C18H21N5O2. The maximum absolute atomic E-state index is 12.6. The molecule has 2 aliphatic rings. The van der Waals surface area contributed by atoms with Gasteiger partial charge in [0, 0.05) is 31.9 Å². The first kappa shape index (κ1) is 15.8. The van der Waals surface area contributed by atoms with E-state index in [1.54, 1.807) is 11.7 Å². The van der Waals surface area contributed by atoms with Crippen LogP contribution in [-0.2, 0) is 22.1 Å². The minimum absolute atomic E-state index is 0.0406. The van der Waals surface area contributed by atoms with Gasteiger partial charge in [-0.25, -0.2) is 0 Å². The molecule has 7 heteroatoms. The molecule has 130 valence electrons. The summed E-state index contributed by atoms with van der Waals surface area (Å²) in [5.41, 5.74) is 2.27. The molecule has 1 saturated heterocycles. The van der Waals surface area contributed by atoms with Crippen LogP contribution in [0.5, 0.6) is 0 Å². The molecule has 2 aromatic rings. The van der Waals surface area contributed by atoms with Crippen molar-refractivity contribution in [1.29, 1.82) is 0 Å². The highest BCUT2D eigenvalue weighted by atomic mass is 16.2. The van der Waals surface area contributed by atoms with Crippen LogP contribution in [0, 0.1) is 6.92 Å². The van der Waals surface area contributed by atoms with Crippen molar-refractivity contribution in [2.45, 2.75) is 18.8 Å². The fourth-order valence-electron chi connectivity index (χ4n) is 3.92. The summed E-state index contributed by atoms with van der Waals surface area (Å²) in [6.45, 7) is 3.44. The van der Waals surface area contributed by atoms with Crippen molar-refractivity contribution < 1.29 is 9.59 Å². The maximum atomic E-state index is 12.6. The van der Waals surface area contributed by atoms with E-state index in [0.717, 1.165) is 29.9 Å². The van der Waals surface area contributed by atoms with Gasteiger partial charge in [0.1, 0.15) is 5.82 Å². The SMILES string of the molecule is Cc1cc(NC(=O)CN2CCC3(C2)C(=O)Nc2ccccc23)n(C)n1. The molecule has 2 N–H and O–H groups in total. The van der Waals surface area contributed by atoms with Crippen LogP contribution in [0.4, 0.5) is 11.5 Å². The van der Waals surface area contributed by atoms with Crippen LogP contribution in [0.2, 0.25) is 0 Å². The van der Waals surface area contributed by atoms with Crippen molar-refractivity contribution in [1.82, 2.24) is 14.7 Å². The zero-order chi connectivity index (χ0) is 17.6. The third kappa shape index (κ3) is 2.60. The number of fused-ring (bicyclic) bond motifs is 2. The summed E-state index contributed by atoms with van der Waals surface area (Å²) < 4.78 is 1.65. The number of aryl methyl sites for hydroxylation is 2. The van der Waals surface area contributed by atoms with Gasteiger partial charge in [0.05, 0.1) is 17.7 Å². The first-order chi connectivity index (χ1) is 12.0. The molecule has 0 bridgehead atoms. The van der Waals surface area contributed by atoms with Crippen LogP contribution in [0.15, 0.2) is 30.3 Å². The van der Waals surface area contributed by atoms with Crippen LogP contribution in [0.1, 0.15) is 17.7 Å². The molecule has 1 spiro atoms. The predicted octanol–water partition coefficient (Wildman–Crippen LogP) is 1.26. The van der Waals surface area contributed by atoms with Gasteiger partial charge < -0.3 is 10.6 Å². The summed E-state index contributed by atoms with van der Waals surface area (Å²) in [5.74, 6) is 0.631. The van der Waals surface area contributed by atoms with E-state index < -0.39 is 5.41 Å². The van der Waals surface area contributed by atoms with Crippen LogP contribution in [0.25, 0.3) is 0 Å². The van der Waals surface area contributed by atoms with Gasteiger partial charge in [-0.15, -0.1) is 0 Å². The molecule has 4 rings (SSSR count).